The first-order valence-electron chi connectivity index (χ1n) is 8.14. The quantitative estimate of drug-likeness (QED) is 0.359. The molecule has 136 valence electrons. The number of hydrogen-bond donors (Lipinski definition) is 1. The summed E-state index contributed by atoms with van der Waals surface area (Å²) in [5, 5.41) is 13.0. The van der Waals surface area contributed by atoms with Crippen molar-refractivity contribution >= 4 is 27.7 Å². The number of rotatable bonds is 6. The molecule has 0 saturated heterocycles. The third kappa shape index (κ3) is 4.04. The van der Waals surface area contributed by atoms with Crippen LogP contribution >= 0.6 is 27.7 Å². The molecular weight excluding hydrogens is 428 g/mol. The van der Waals surface area contributed by atoms with Gasteiger partial charge in [-0.25, -0.2) is 4.68 Å². The van der Waals surface area contributed by atoms with Crippen molar-refractivity contribution < 1.29 is 4.52 Å². The van der Waals surface area contributed by atoms with E-state index in [1.54, 1.807) is 0 Å². The number of benzene rings is 2. The standard InChI is InChI=1S/C18H15BrN6OS/c19-14-9-5-4-8-13(14)17-22-23-18(25(17)20)27-11-16-21-15(24-26-16)10-12-6-2-1-3-7-12/h1-9H,10-11,20H2. The van der Waals surface area contributed by atoms with Crippen molar-refractivity contribution in [3.63, 3.8) is 0 Å². The van der Waals surface area contributed by atoms with Crippen LogP contribution in [0, 0.1) is 0 Å². The topological polar surface area (TPSA) is 95.7 Å². The van der Waals surface area contributed by atoms with E-state index in [0.717, 1.165) is 15.6 Å². The van der Waals surface area contributed by atoms with Crippen LogP contribution in [0.15, 0.2) is 68.7 Å². The summed E-state index contributed by atoms with van der Waals surface area (Å²) >= 11 is 4.90. The van der Waals surface area contributed by atoms with Crippen molar-refractivity contribution in [2.24, 2.45) is 0 Å². The highest BCUT2D eigenvalue weighted by molar-refractivity contribution is 9.10. The molecule has 2 aromatic carbocycles. The lowest BCUT2D eigenvalue weighted by molar-refractivity contribution is 0.385. The number of halogens is 1. The van der Waals surface area contributed by atoms with Gasteiger partial charge in [0.15, 0.2) is 11.6 Å². The minimum absolute atomic E-state index is 0.465. The molecule has 2 aromatic heterocycles. The zero-order chi connectivity index (χ0) is 18.6. The van der Waals surface area contributed by atoms with Crippen LogP contribution in [-0.4, -0.2) is 25.0 Å². The van der Waals surface area contributed by atoms with E-state index in [1.165, 1.54) is 16.4 Å². The largest absolute Gasteiger partial charge is 0.338 e. The molecule has 0 aliphatic rings. The molecule has 0 fully saturated rings. The number of nitrogens with zero attached hydrogens (tertiary/aromatic N) is 5. The van der Waals surface area contributed by atoms with E-state index in [4.69, 9.17) is 10.4 Å². The van der Waals surface area contributed by atoms with E-state index in [2.05, 4.69) is 36.3 Å². The van der Waals surface area contributed by atoms with Gasteiger partial charge in [0.25, 0.3) is 0 Å². The lowest BCUT2D eigenvalue weighted by Crippen LogP contribution is -2.11. The fraction of sp³-hybridized carbons (Fsp3) is 0.111. The Morgan fingerprint density at radius 1 is 1.04 bits per heavy atom. The summed E-state index contributed by atoms with van der Waals surface area (Å²) in [4.78, 5) is 4.42. The van der Waals surface area contributed by atoms with Gasteiger partial charge in [-0.1, -0.05) is 75.3 Å². The SMILES string of the molecule is Nn1c(SCc2nc(Cc3ccccc3)no2)nnc1-c1ccccc1Br. The van der Waals surface area contributed by atoms with E-state index in [0.29, 0.717) is 34.9 Å². The van der Waals surface area contributed by atoms with Gasteiger partial charge in [-0.15, -0.1) is 10.2 Å². The summed E-state index contributed by atoms with van der Waals surface area (Å²) in [5.41, 5.74) is 2.01. The maximum absolute atomic E-state index is 6.16. The van der Waals surface area contributed by atoms with Gasteiger partial charge >= 0.3 is 0 Å². The van der Waals surface area contributed by atoms with Crippen LogP contribution in [0.1, 0.15) is 17.3 Å². The highest BCUT2D eigenvalue weighted by Crippen LogP contribution is 2.28. The number of aromatic nitrogens is 5. The zero-order valence-corrected chi connectivity index (χ0v) is 16.5. The van der Waals surface area contributed by atoms with Crippen LogP contribution in [0.3, 0.4) is 0 Å². The second-order valence-electron chi connectivity index (χ2n) is 5.71. The molecule has 0 aliphatic carbocycles. The molecule has 2 N–H and O–H groups in total. The average molecular weight is 443 g/mol. The van der Waals surface area contributed by atoms with Crippen molar-refractivity contribution in [1.82, 2.24) is 25.0 Å². The number of nitrogens with two attached hydrogens (primary N) is 1. The Hall–Kier alpha value is -2.65. The molecule has 0 amide bonds. The van der Waals surface area contributed by atoms with Gasteiger partial charge in [-0.2, -0.15) is 4.98 Å². The summed E-state index contributed by atoms with van der Waals surface area (Å²) in [6.07, 6.45) is 0.633. The third-order valence-corrected chi connectivity index (χ3v) is 5.44. The molecule has 0 bridgehead atoms. The van der Waals surface area contributed by atoms with Gasteiger partial charge in [-0.3, -0.25) is 0 Å². The normalized spacial score (nSPS) is 11.0. The number of nitrogen functional groups attached to an aromatic ring is 1. The molecule has 27 heavy (non-hydrogen) atoms. The van der Waals surface area contributed by atoms with Crippen LogP contribution in [0.2, 0.25) is 0 Å². The molecule has 4 rings (SSSR count). The minimum atomic E-state index is 0.465. The maximum atomic E-state index is 6.16. The van der Waals surface area contributed by atoms with Gasteiger partial charge < -0.3 is 10.4 Å². The Kier molecular flexibility index (Phi) is 5.21. The number of thioether (sulfide) groups is 1. The second kappa shape index (κ2) is 7.93. The smallest absolute Gasteiger partial charge is 0.237 e. The molecule has 0 radical (unpaired) electrons. The Balaban J connectivity index is 1.43. The van der Waals surface area contributed by atoms with Gasteiger partial charge in [0.2, 0.25) is 11.0 Å². The maximum Gasteiger partial charge on any atom is 0.237 e. The average Bonchev–Trinajstić information content (AvgIpc) is 3.28. The van der Waals surface area contributed by atoms with Crippen LogP contribution < -0.4 is 5.84 Å². The first kappa shape index (κ1) is 17.7. The van der Waals surface area contributed by atoms with Crippen molar-refractivity contribution in [2.75, 3.05) is 5.84 Å². The Labute approximate surface area is 168 Å². The van der Waals surface area contributed by atoms with Gasteiger partial charge in [-0.05, 0) is 17.7 Å². The first-order valence-corrected chi connectivity index (χ1v) is 9.92. The lowest BCUT2D eigenvalue weighted by atomic mass is 10.1. The van der Waals surface area contributed by atoms with E-state index in [-0.39, 0.29) is 0 Å². The summed E-state index contributed by atoms with van der Waals surface area (Å²) in [6, 6.07) is 17.7. The van der Waals surface area contributed by atoms with Gasteiger partial charge in [0.1, 0.15) is 0 Å². The summed E-state index contributed by atoms with van der Waals surface area (Å²) < 4.78 is 7.69. The summed E-state index contributed by atoms with van der Waals surface area (Å²) in [6.45, 7) is 0. The molecule has 9 heteroatoms. The molecule has 0 unspecified atom stereocenters. The fourth-order valence-electron chi connectivity index (χ4n) is 2.53. The predicted octanol–water partition coefficient (Wildman–Crippen LogP) is 3.69. The Bertz CT molecular complexity index is 1050. The summed E-state index contributed by atoms with van der Waals surface area (Å²) in [7, 11) is 0. The van der Waals surface area contributed by atoms with E-state index in [9.17, 15) is 0 Å². The van der Waals surface area contributed by atoms with Crippen LogP contribution in [0.25, 0.3) is 11.4 Å². The Morgan fingerprint density at radius 3 is 2.63 bits per heavy atom. The second-order valence-corrected chi connectivity index (χ2v) is 7.51. The third-order valence-electron chi connectivity index (χ3n) is 3.82. The van der Waals surface area contributed by atoms with Crippen molar-refractivity contribution in [3.05, 3.63) is 76.3 Å². The first-order chi connectivity index (χ1) is 13.2. The molecule has 0 aliphatic heterocycles. The number of hydrogen-bond acceptors (Lipinski definition) is 7. The fourth-order valence-corrected chi connectivity index (χ4v) is 3.68. The molecule has 2 heterocycles. The monoisotopic (exact) mass is 442 g/mol. The van der Waals surface area contributed by atoms with Gasteiger partial charge in [0.05, 0.1) is 5.75 Å². The molecule has 0 atom stereocenters. The molecular formula is C18H15BrN6OS. The van der Waals surface area contributed by atoms with E-state index in [1.807, 2.05) is 54.6 Å². The van der Waals surface area contributed by atoms with E-state index < -0.39 is 0 Å². The molecule has 4 aromatic rings. The molecule has 7 nitrogen and oxygen atoms in total. The summed E-state index contributed by atoms with van der Waals surface area (Å²) in [5.74, 6) is 8.39. The van der Waals surface area contributed by atoms with Crippen molar-refractivity contribution in [3.8, 4) is 11.4 Å². The van der Waals surface area contributed by atoms with Crippen molar-refractivity contribution in [2.45, 2.75) is 17.3 Å². The zero-order valence-electron chi connectivity index (χ0n) is 14.1. The minimum Gasteiger partial charge on any atom is -0.338 e. The van der Waals surface area contributed by atoms with E-state index >= 15 is 0 Å². The van der Waals surface area contributed by atoms with Crippen molar-refractivity contribution in [1.29, 1.82) is 0 Å². The predicted molar refractivity (Wildman–Crippen MR) is 106 cm³/mol. The lowest BCUT2D eigenvalue weighted by Gasteiger charge is -2.04. The molecule has 0 spiro atoms. The highest BCUT2D eigenvalue weighted by atomic mass is 79.9. The Morgan fingerprint density at radius 2 is 1.81 bits per heavy atom. The molecule has 0 saturated carbocycles. The van der Waals surface area contributed by atoms with Crippen LogP contribution in [0.5, 0.6) is 0 Å². The highest BCUT2D eigenvalue weighted by Gasteiger charge is 2.16. The van der Waals surface area contributed by atoms with Gasteiger partial charge in [0, 0.05) is 16.5 Å². The van der Waals surface area contributed by atoms with Crippen LogP contribution in [0.4, 0.5) is 0 Å². The van der Waals surface area contributed by atoms with Crippen LogP contribution in [-0.2, 0) is 12.2 Å².